The molecule has 1 amide bonds. The Morgan fingerprint density at radius 2 is 1.74 bits per heavy atom. The van der Waals surface area contributed by atoms with Crippen LogP contribution in [0.4, 0.5) is 5.69 Å². The van der Waals surface area contributed by atoms with E-state index in [2.05, 4.69) is 5.32 Å². The van der Waals surface area contributed by atoms with E-state index in [0.717, 1.165) is 36.9 Å². The third-order valence-electron chi connectivity index (χ3n) is 3.74. The zero-order chi connectivity index (χ0) is 13.8. The monoisotopic (exact) mass is 259 g/mol. The number of rotatable bonds is 6. The van der Waals surface area contributed by atoms with E-state index < -0.39 is 0 Å². The number of carbonyl (C=O) groups is 2. The number of Topliss-reactive ketones (excluding diaryl/α,β-unsaturated/α-hetero) is 1. The minimum atomic E-state index is 0.0614. The SMILES string of the molecule is CCC(CC)C(=O)Nc1ccc(C(=O)C2CC2)cc1. The number of nitrogens with one attached hydrogen (secondary N) is 1. The molecular formula is C16H21NO2. The number of ketones is 1. The van der Waals surface area contributed by atoms with Gasteiger partial charge in [0, 0.05) is 23.1 Å². The van der Waals surface area contributed by atoms with Gasteiger partial charge in [-0.1, -0.05) is 13.8 Å². The van der Waals surface area contributed by atoms with Crippen LogP contribution in [0.3, 0.4) is 0 Å². The van der Waals surface area contributed by atoms with Gasteiger partial charge in [-0.15, -0.1) is 0 Å². The molecule has 0 aliphatic heterocycles. The molecule has 1 aliphatic carbocycles. The highest BCUT2D eigenvalue weighted by Gasteiger charge is 2.30. The fraction of sp³-hybridized carbons (Fsp3) is 0.500. The maximum absolute atomic E-state index is 11.9. The van der Waals surface area contributed by atoms with Crippen molar-refractivity contribution in [2.45, 2.75) is 39.5 Å². The van der Waals surface area contributed by atoms with Gasteiger partial charge in [-0.3, -0.25) is 9.59 Å². The van der Waals surface area contributed by atoms with Gasteiger partial charge in [-0.2, -0.15) is 0 Å². The molecule has 0 saturated heterocycles. The highest BCUT2D eigenvalue weighted by molar-refractivity contribution is 6.00. The lowest BCUT2D eigenvalue weighted by molar-refractivity contribution is -0.120. The summed E-state index contributed by atoms with van der Waals surface area (Å²) in [5.41, 5.74) is 1.52. The topological polar surface area (TPSA) is 46.2 Å². The number of hydrogen-bond acceptors (Lipinski definition) is 2. The van der Waals surface area contributed by atoms with Crippen LogP contribution in [-0.2, 0) is 4.79 Å². The number of amides is 1. The van der Waals surface area contributed by atoms with Gasteiger partial charge in [0.2, 0.25) is 5.91 Å². The van der Waals surface area contributed by atoms with Gasteiger partial charge in [0.25, 0.3) is 0 Å². The maximum Gasteiger partial charge on any atom is 0.227 e. The smallest absolute Gasteiger partial charge is 0.227 e. The predicted octanol–water partition coefficient (Wildman–Crippen LogP) is 3.65. The molecule has 1 aliphatic rings. The van der Waals surface area contributed by atoms with E-state index >= 15 is 0 Å². The Hall–Kier alpha value is -1.64. The van der Waals surface area contributed by atoms with Crippen molar-refractivity contribution in [1.29, 1.82) is 0 Å². The molecule has 1 fully saturated rings. The van der Waals surface area contributed by atoms with Crippen LogP contribution < -0.4 is 5.32 Å². The number of hydrogen-bond donors (Lipinski definition) is 1. The van der Waals surface area contributed by atoms with Crippen molar-refractivity contribution in [1.82, 2.24) is 0 Å². The van der Waals surface area contributed by atoms with Crippen molar-refractivity contribution in [3.63, 3.8) is 0 Å². The van der Waals surface area contributed by atoms with Gasteiger partial charge >= 0.3 is 0 Å². The Kier molecular flexibility index (Phi) is 4.35. The Morgan fingerprint density at radius 1 is 1.16 bits per heavy atom. The van der Waals surface area contributed by atoms with Crippen molar-refractivity contribution < 1.29 is 9.59 Å². The second-order valence-electron chi connectivity index (χ2n) is 5.22. The first-order valence-corrected chi connectivity index (χ1v) is 7.10. The molecule has 3 nitrogen and oxygen atoms in total. The molecule has 1 aromatic carbocycles. The summed E-state index contributed by atoms with van der Waals surface area (Å²) in [6, 6.07) is 7.25. The van der Waals surface area contributed by atoms with E-state index in [1.807, 2.05) is 38.1 Å². The van der Waals surface area contributed by atoms with E-state index in [-0.39, 0.29) is 23.5 Å². The van der Waals surface area contributed by atoms with Crippen molar-refractivity contribution in [2.75, 3.05) is 5.32 Å². The lowest BCUT2D eigenvalue weighted by Gasteiger charge is -2.12. The number of anilines is 1. The molecular weight excluding hydrogens is 238 g/mol. The van der Waals surface area contributed by atoms with E-state index in [9.17, 15) is 9.59 Å². The van der Waals surface area contributed by atoms with E-state index in [1.54, 1.807) is 0 Å². The number of carbonyl (C=O) groups excluding carboxylic acids is 2. The summed E-state index contributed by atoms with van der Waals surface area (Å²) in [7, 11) is 0. The minimum Gasteiger partial charge on any atom is -0.326 e. The molecule has 0 atom stereocenters. The van der Waals surface area contributed by atoms with Crippen LogP contribution in [0.1, 0.15) is 49.9 Å². The van der Waals surface area contributed by atoms with E-state index in [4.69, 9.17) is 0 Å². The van der Waals surface area contributed by atoms with Crippen molar-refractivity contribution >= 4 is 17.4 Å². The Bertz CT molecular complexity index is 456. The third kappa shape index (κ3) is 3.43. The third-order valence-corrected chi connectivity index (χ3v) is 3.74. The predicted molar refractivity (Wildman–Crippen MR) is 76.2 cm³/mol. The second-order valence-corrected chi connectivity index (χ2v) is 5.22. The van der Waals surface area contributed by atoms with Crippen LogP contribution in [0.25, 0.3) is 0 Å². The molecule has 0 spiro atoms. The van der Waals surface area contributed by atoms with Gasteiger partial charge in [0.05, 0.1) is 0 Å². The highest BCUT2D eigenvalue weighted by Crippen LogP contribution is 2.32. The molecule has 0 radical (unpaired) electrons. The quantitative estimate of drug-likeness (QED) is 0.792. The molecule has 0 heterocycles. The van der Waals surface area contributed by atoms with Crippen LogP contribution in [0.5, 0.6) is 0 Å². The van der Waals surface area contributed by atoms with Crippen LogP contribution >= 0.6 is 0 Å². The lowest BCUT2D eigenvalue weighted by atomic mass is 10.0. The van der Waals surface area contributed by atoms with Crippen molar-refractivity contribution in [3.05, 3.63) is 29.8 Å². The van der Waals surface area contributed by atoms with Crippen molar-refractivity contribution in [3.8, 4) is 0 Å². The van der Waals surface area contributed by atoms with Gasteiger partial charge in [-0.05, 0) is 49.9 Å². The first-order valence-electron chi connectivity index (χ1n) is 7.10. The fourth-order valence-corrected chi connectivity index (χ4v) is 2.20. The van der Waals surface area contributed by atoms with Crippen LogP contribution in [0.2, 0.25) is 0 Å². The average molecular weight is 259 g/mol. The van der Waals surface area contributed by atoms with Gasteiger partial charge in [0.15, 0.2) is 5.78 Å². The highest BCUT2D eigenvalue weighted by atomic mass is 16.2. The minimum absolute atomic E-state index is 0.0614. The second kappa shape index (κ2) is 6.00. The van der Waals surface area contributed by atoms with Gasteiger partial charge < -0.3 is 5.32 Å². The average Bonchev–Trinajstić information content (AvgIpc) is 3.24. The normalized spacial score (nSPS) is 14.5. The van der Waals surface area contributed by atoms with E-state index in [0.29, 0.717) is 0 Å². The molecule has 0 unspecified atom stereocenters. The first kappa shape index (κ1) is 13.8. The summed E-state index contributed by atoms with van der Waals surface area (Å²) >= 11 is 0. The first-order chi connectivity index (χ1) is 9.15. The Morgan fingerprint density at radius 3 is 2.21 bits per heavy atom. The van der Waals surface area contributed by atoms with Gasteiger partial charge in [-0.25, -0.2) is 0 Å². The standard InChI is InChI=1S/C16H21NO2/c1-3-11(4-2)16(19)17-14-9-7-13(8-10-14)15(18)12-5-6-12/h7-12H,3-6H2,1-2H3,(H,17,19). The molecule has 0 aromatic heterocycles. The Labute approximate surface area is 114 Å². The summed E-state index contributed by atoms with van der Waals surface area (Å²) in [5, 5.41) is 2.90. The molecule has 1 aromatic rings. The summed E-state index contributed by atoms with van der Waals surface area (Å²) in [6.45, 7) is 4.04. The largest absolute Gasteiger partial charge is 0.326 e. The summed E-state index contributed by atoms with van der Waals surface area (Å²) < 4.78 is 0. The Balaban J connectivity index is 1.98. The van der Waals surface area contributed by atoms with Crippen LogP contribution in [0, 0.1) is 11.8 Å². The van der Waals surface area contributed by atoms with Crippen LogP contribution in [0.15, 0.2) is 24.3 Å². The molecule has 1 saturated carbocycles. The summed E-state index contributed by atoms with van der Waals surface area (Å²) in [4.78, 5) is 23.8. The molecule has 102 valence electrons. The molecule has 0 bridgehead atoms. The van der Waals surface area contributed by atoms with Crippen molar-refractivity contribution in [2.24, 2.45) is 11.8 Å². The summed E-state index contributed by atoms with van der Waals surface area (Å²) in [5.74, 6) is 0.599. The van der Waals surface area contributed by atoms with Crippen LogP contribution in [-0.4, -0.2) is 11.7 Å². The maximum atomic E-state index is 11.9. The zero-order valence-electron chi connectivity index (χ0n) is 11.6. The summed E-state index contributed by atoms with van der Waals surface area (Å²) in [6.07, 6.45) is 3.74. The fourth-order valence-electron chi connectivity index (χ4n) is 2.20. The molecule has 1 N–H and O–H groups in total. The van der Waals surface area contributed by atoms with Gasteiger partial charge in [0.1, 0.15) is 0 Å². The zero-order valence-corrected chi connectivity index (χ0v) is 11.6. The van der Waals surface area contributed by atoms with E-state index in [1.165, 1.54) is 0 Å². The lowest BCUT2D eigenvalue weighted by Crippen LogP contribution is -2.21. The molecule has 19 heavy (non-hydrogen) atoms. The number of benzene rings is 1. The molecule has 2 rings (SSSR count). The molecule has 3 heteroatoms.